The van der Waals surface area contributed by atoms with Crippen LogP contribution < -0.4 is 11.3 Å². The number of aromatic nitrogens is 3. The first kappa shape index (κ1) is 12.4. The molecule has 0 aliphatic heterocycles. The number of benzene rings is 1. The van der Waals surface area contributed by atoms with Crippen molar-refractivity contribution < 1.29 is 4.39 Å². The molecule has 20 heavy (non-hydrogen) atoms. The number of fused-ring (bicyclic) bond motifs is 1. The molecule has 0 unspecified atom stereocenters. The molecule has 1 aromatic carbocycles. The fraction of sp³-hybridized carbons (Fsp3) is 0.0714. The first-order valence-electron chi connectivity index (χ1n) is 6.06. The zero-order valence-electron chi connectivity index (χ0n) is 10.8. The number of nitrogen functional groups attached to an aromatic ring is 1. The number of hydrogen-bond acceptors (Lipinski definition) is 5. The van der Waals surface area contributed by atoms with Crippen molar-refractivity contribution in [1.29, 1.82) is 0 Å². The topological polar surface area (TPSA) is 76.7 Å². The van der Waals surface area contributed by atoms with Gasteiger partial charge >= 0.3 is 0 Å². The maximum atomic E-state index is 13.7. The van der Waals surface area contributed by atoms with Gasteiger partial charge in [0.1, 0.15) is 5.69 Å². The smallest absolute Gasteiger partial charge is 0.187 e. The number of aryl methyl sites for hydroxylation is 1. The van der Waals surface area contributed by atoms with Gasteiger partial charge in [0.25, 0.3) is 0 Å². The fourth-order valence-corrected chi connectivity index (χ4v) is 1.96. The van der Waals surface area contributed by atoms with Gasteiger partial charge < -0.3 is 5.43 Å². The molecule has 0 bridgehead atoms. The number of pyridine rings is 1. The monoisotopic (exact) mass is 269 g/mol. The molecule has 0 saturated carbocycles. The minimum atomic E-state index is -0.558. The normalized spacial score (nSPS) is 10.8. The Hall–Kier alpha value is -2.60. The largest absolute Gasteiger partial charge is 0.306 e. The molecule has 3 N–H and O–H groups in total. The number of nitrogens with two attached hydrogens (primary N) is 1. The number of anilines is 1. The van der Waals surface area contributed by atoms with Crippen LogP contribution in [-0.4, -0.2) is 15.0 Å². The van der Waals surface area contributed by atoms with Crippen molar-refractivity contribution in [3.8, 4) is 11.5 Å². The Balaban J connectivity index is 2.17. The number of nitrogens with zero attached hydrogens (tertiary/aromatic N) is 3. The maximum Gasteiger partial charge on any atom is 0.187 e. The summed E-state index contributed by atoms with van der Waals surface area (Å²) in [6.45, 7) is 1.56. The van der Waals surface area contributed by atoms with Crippen molar-refractivity contribution in [3.63, 3.8) is 0 Å². The molecule has 2 aromatic heterocycles. The molecule has 0 saturated heterocycles. The van der Waals surface area contributed by atoms with E-state index in [1.807, 2.05) is 30.3 Å². The Morgan fingerprint density at radius 3 is 2.65 bits per heavy atom. The maximum absolute atomic E-state index is 13.7. The second kappa shape index (κ2) is 4.82. The molecule has 0 atom stereocenters. The van der Waals surface area contributed by atoms with Crippen LogP contribution >= 0.6 is 0 Å². The van der Waals surface area contributed by atoms with Crippen LogP contribution in [0.4, 0.5) is 10.2 Å². The van der Waals surface area contributed by atoms with Crippen LogP contribution in [0, 0.1) is 12.7 Å². The van der Waals surface area contributed by atoms with Gasteiger partial charge in [0.05, 0.1) is 11.2 Å². The van der Waals surface area contributed by atoms with E-state index in [2.05, 4.69) is 20.4 Å². The second-order valence-electron chi connectivity index (χ2n) is 4.33. The molecular formula is C14H12FN5. The summed E-state index contributed by atoms with van der Waals surface area (Å²) in [6, 6.07) is 11.4. The molecule has 0 spiro atoms. The molecule has 3 aromatic rings. The highest BCUT2D eigenvalue weighted by atomic mass is 19.1. The number of rotatable bonds is 2. The highest BCUT2D eigenvalue weighted by molar-refractivity contribution is 5.80. The van der Waals surface area contributed by atoms with Gasteiger partial charge in [-0.2, -0.15) is 0 Å². The van der Waals surface area contributed by atoms with Crippen LogP contribution in [0.5, 0.6) is 0 Å². The Labute approximate surface area is 114 Å². The van der Waals surface area contributed by atoms with E-state index >= 15 is 0 Å². The van der Waals surface area contributed by atoms with Gasteiger partial charge in [-0.25, -0.2) is 25.2 Å². The van der Waals surface area contributed by atoms with Gasteiger partial charge in [0.2, 0.25) is 0 Å². The third-order valence-corrected chi connectivity index (χ3v) is 2.98. The summed E-state index contributed by atoms with van der Waals surface area (Å²) in [4.78, 5) is 12.6. The Bertz CT molecular complexity index is 788. The standard InChI is InChI=1S/C14H12FN5/c1-8-12(15)14(20-16)19-13(17-8)11-7-6-9-4-2-3-5-10(9)18-11/h2-7H,16H2,1H3,(H,17,19,20). The fourth-order valence-electron chi connectivity index (χ4n) is 1.96. The molecule has 0 aliphatic rings. The Morgan fingerprint density at radius 1 is 1.05 bits per heavy atom. The van der Waals surface area contributed by atoms with Crippen LogP contribution in [-0.2, 0) is 0 Å². The lowest BCUT2D eigenvalue weighted by molar-refractivity contribution is 0.606. The van der Waals surface area contributed by atoms with Gasteiger partial charge in [-0.05, 0) is 19.1 Å². The van der Waals surface area contributed by atoms with Gasteiger partial charge in [-0.15, -0.1) is 0 Å². The summed E-state index contributed by atoms with van der Waals surface area (Å²) >= 11 is 0. The van der Waals surface area contributed by atoms with Crippen molar-refractivity contribution >= 4 is 16.7 Å². The molecule has 100 valence electrons. The van der Waals surface area contributed by atoms with Crippen molar-refractivity contribution in [2.45, 2.75) is 6.92 Å². The zero-order valence-corrected chi connectivity index (χ0v) is 10.8. The number of hydrogen-bond donors (Lipinski definition) is 2. The van der Waals surface area contributed by atoms with Crippen molar-refractivity contribution in [3.05, 3.63) is 47.9 Å². The molecule has 5 nitrogen and oxygen atoms in total. The van der Waals surface area contributed by atoms with E-state index in [9.17, 15) is 4.39 Å². The minimum absolute atomic E-state index is 0.0394. The van der Waals surface area contributed by atoms with E-state index in [-0.39, 0.29) is 11.5 Å². The lowest BCUT2D eigenvalue weighted by Crippen LogP contribution is -2.13. The van der Waals surface area contributed by atoms with Crippen molar-refractivity contribution in [1.82, 2.24) is 15.0 Å². The molecule has 0 radical (unpaired) electrons. The van der Waals surface area contributed by atoms with Gasteiger partial charge in [-0.3, -0.25) is 0 Å². The Morgan fingerprint density at radius 2 is 1.85 bits per heavy atom. The average molecular weight is 269 g/mol. The van der Waals surface area contributed by atoms with Crippen LogP contribution in [0.15, 0.2) is 36.4 Å². The summed E-state index contributed by atoms with van der Waals surface area (Å²) in [5.41, 5.74) is 3.85. The van der Waals surface area contributed by atoms with Crippen molar-refractivity contribution in [2.24, 2.45) is 5.84 Å². The molecular weight excluding hydrogens is 257 g/mol. The van der Waals surface area contributed by atoms with E-state index in [0.717, 1.165) is 10.9 Å². The van der Waals surface area contributed by atoms with Crippen LogP contribution in [0.1, 0.15) is 5.69 Å². The summed E-state index contributed by atoms with van der Waals surface area (Å²) in [5, 5.41) is 1.02. The van der Waals surface area contributed by atoms with Gasteiger partial charge in [0, 0.05) is 5.39 Å². The summed E-state index contributed by atoms with van der Waals surface area (Å²) in [7, 11) is 0. The van der Waals surface area contributed by atoms with E-state index < -0.39 is 5.82 Å². The quantitative estimate of drug-likeness (QED) is 0.552. The number of nitrogens with one attached hydrogen (secondary N) is 1. The van der Waals surface area contributed by atoms with E-state index in [0.29, 0.717) is 11.5 Å². The van der Waals surface area contributed by atoms with E-state index in [1.165, 1.54) is 0 Å². The predicted octanol–water partition coefficient (Wildman–Crippen LogP) is 2.42. The average Bonchev–Trinajstić information content (AvgIpc) is 2.49. The van der Waals surface area contributed by atoms with Crippen LogP contribution in [0.25, 0.3) is 22.4 Å². The molecule has 0 fully saturated rings. The molecule has 2 heterocycles. The first-order valence-corrected chi connectivity index (χ1v) is 6.06. The van der Waals surface area contributed by atoms with E-state index in [1.54, 1.807) is 13.0 Å². The zero-order chi connectivity index (χ0) is 14.1. The number of halogens is 1. The second-order valence-corrected chi connectivity index (χ2v) is 4.33. The highest BCUT2D eigenvalue weighted by Gasteiger charge is 2.12. The summed E-state index contributed by atoms with van der Waals surface area (Å²) in [6.07, 6.45) is 0. The van der Waals surface area contributed by atoms with Gasteiger partial charge in [-0.1, -0.05) is 24.3 Å². The third kappa shape index (κ3) is 2.06. The van der Waals surface area contributed by atoms with Gasteiger partial charge in [0.15, 0.2) is 17.5 Å². The summed E-state index contributed by atoms with van der Waals surface area (Å²) in [5.74, 6) is 4.99. The SMILES string of the molecule is Cc1nc(-c2ccc3ccccc3n2)nc(NN)c1F. The lowest BCUT2D eigenvalue weighted by Gasteiger charge is -2.07. The van der Waals surface area contributed by atoms with Crippen LogP contribution in [0.3, 0.4) is 0 Å². The van der Waals surface area contributed by atoms with Crippen LogP contribution in [0.2, 0.25) is 0 Å². The summed E-state index contributed by atoms with van der Waals surface area (Å²) < 4.78 is 13.7. The third-order valence-electron chi connectivity index (χ3n) is 2.98. The number of para-hydroxylation sites is 1. The Kier molecular flexibility index (Phi) is 3.00. The molecule has 6 heteroatoms. The first-order chi connectivity index (χ1) is 9.69. The number of hydrazine groups is 1. The van der Waals surface area contributed by atoms with Crippen molar-refractivity contribution in [2.75, 3.05) is 5.43 Å². The molecule has 3 rings (SSSR count). The molecule has 0 aliphatic carbocycles. The van der Waals surface area contributed by atoms with E-state index in [4.69, 9.17) is 5.84 Å². The molecule has 0 amide bonds. The predicted molar refractivity (Wildman–Crippen MR) is 75.3 cm³/mol. The minimum Gasteiger partial charge on any atom is -0.306 e. The highest BCUT2D eigenvalue weighted by Crippen LogP contribution is 2.21. The lowest BCUT2D eigenvalue weighted by atomic mass is 10.2.